The quantitative estimate of drug-likeness (QED) is 0.614. The Hall–Kier alpha value is -1.62. The Morgan fingerprint density at radius 3 is 2.31 bits per heavy atom. The lowest BCUT2D eigenvalue weighted by molar-refractivity contribution is -0.133. The molecule has 0 rings (SSSR count). The molecule has 0 amide bonds. The van der Waals surface area contributed by atoms with Gasteiger partial charge in [0.25, 0.3) is 0 Å². The fraction of sp³-hybridized carbons (Fsp3) is 0.455. The molecule has 0 aromatic rings. The summed E-state index contributed by atoms with van der Waals surface area (Å²) < 4.78 is 4.95. The summed E-state index contributed by atoms with van der Waals surface area (Å²) in [5.41, 5.74) is 0.0419. The van der Waals surface area contributed by atoms with Crippen molar-refractivity contribution in [3.05, 3.63) is 23.8 Å². The summed E-state index contributed by atoms with van der Waals surface area (Å²) in [5.74, 6) is -2.19. The molecule has 2 N–H and O–H groups in total. The highest BCUT2D eigenvalue weighted by Gasteiger charge is 2.09. The second-order valence-electron chi connectivity index (χ2n) is 3.22. The van der Waals surface area contributed by atoms with E-state index in [4.69, 9.17) is 14.9 Å². The maximum absolute atomic E-state index is 10.7. The number of rotatable bonds is 8. The van der Waals surface area contributed by atoms with Crippen molar-refractivity contribution in [1.82, 2.24) is 0 Å². The zero-order valence-electron chi connectivity index (χ0n) is 9.23. The Bertz CT molecular complexity index is 303. The Labute approximate surface area is 94.0 Å². The van der Waals surface area contributed by atoms with E-state index >= 15 is 0 Å². The van der Waals surface area contributed by atoms with Crippen LogP contribution in [0.4, 0.5) is 0 Å². The van der Waals surface area contributed by atoms with Gasteiger partial charge in [-0.25, -0.2) is 9.59 Å². The maximum atomic E-state index is 10.7. The highest BCUT2D eigenvalue weighted by atomic mass is 16.5. The Balaban J connectivity index is 4.09. The molecule has 90 valence electrons. The van der Waals surface area contributed by atoms with Gasteiger partial charge in [0.05, 0.1) is 24.4 Å². The third kappa shape index (κ3) is 5.98. The van der Waals surface area contributed by atoms with E-state index in [-0.39, 0.29) is 24.4 Å². The molecule has 0 atom stereocenters. The van der Waals surface area contributed by atoms with Crippen LogP contribution < -0.4 is 0 Å². The minimum Gasteiger partial charge on any atom is -0.478 e. The molecular formula is C11H16O5. The lowest BCUT2D eigenvalue weighted by Crippen LogP contribution is -2.12. The summed E-state index contributed by atoms with van der Waals surface area (Å²) in [5, 5.41) is 17.3. The molecule has 0 aliphatic heterocycles. The largest absolute Gasteiger partial charge is 0.478 e. The maximum Gasteiger partial charge on any atom is 0.333 e. The minimum absolute atomic E-state index is 0.0970. The van der Waals surface area contributed by atoms with Gasteiger partial charge >= 0.3 is 11.9 Å². The smallest absolute Gasteiger partial charge is 0.333 e. The van der Waals surface area contributed by atoms with Crippen LogP contribution in [0.25, 0.3) is 0 Å². The second kappa shape index (κ2) is 7.64. The van der Waals surface area contributed by atoms with Crippen LogP contribution >= 0.6 is 0 Å². The Morgan fingerprint density at radius 1 is 1.25 bits per heavy atom. The van der Waals surface area contributed by atoms with Gasteiger partial charge in [-0.3, -0.25) is 0 Å². The molecule has 0 spiro atoms. The van der Waals surface area contributed by atoms with Gasteiger partial charge < -0.3 is 14.9 Å². The molecule has 0 aromatic heterocycles. The Kier molecular flexibility index (Phi) is 6.87. The first-order valence-corrected chi connectivity index (χ1v) is 4.90. The zero-order valence-corrected chi connectivity index (χ0v) is 9.23. The number of unbranched alkanes of at least 4 members (excludes halogenated alkanes) is 1. The monoisotopic (exact) mass is 228 g/mol. The predicted molar refractivity (Wildman–Crippen MR) is 58.2 cm³/mol. The molecule has 0 aliphatic rings. The van der Waals surface area contributed by atoms with Crippen LogP contribution in [0.5, 0.6) is 0 Å². The molecule has 0 heterocycles. The number of ether oxygens (including phenoxy) is 1. The number of carbonyl (C=O) groups is 2. The van der Waals surface area contributed by atoms with Gasteiger partial charge in [0.2, 0.25) is 0 Å². The van der Waals surface area contributed by atoms with E-state index in [1.807, 2.05) is 6.92 Å². The van der Waals surface area contributed by atoms with Crippen molar-refractivity contribution in [2.24, 2.45) is 0 Å². The predicted octanol–water partition coefficient (Wildman–Crippen LogP) is 1.45. The molecule has 16 heavy (non-hydrogen) atoms. The summed E-state index contributed by atoms with van der Waals surface area (Å²) in [4.78, 5) is 21.1. The first-order valence-electron chi connectivity index (χ1n) is 4.90. The highest BCUT2D eigenvalue weighted by molar-refractivity contribution is 5.87. The summed E-state index contributed by atoms with van der Waals surface area (Å²) in [7, 11) is 0. The van der Waals surface area contributed by atoms with Crippen molar-refractivity contribution in [2.75, 3.05) is 13.2 Å². The molecular weight excluding hydrogens is 212 g/mol. The SMILES string of the molecule is C=C(COC/C(=C/CCC)C(=O)O)C(=O)O. The number of aliphatic carboxylic acids is 2. The van der Waals surface area contributed by atoms with E-state index in [2.05, 4.69) is 6.58 Å². The summed E-state index contributed by atoms with van der Waals surface area (Å²) in [6.07, 6.45) is 3.08. The molecule has 0 fully saturated rings. The third-order valence-electron chi connectivity index (χ3n) is 1.79. The highest BCUT2D eigenvalue weighted by Crippen LogP contribution is 2.02. The normalized spacial score (nSPS) is 11.2. The van der Waals surface area contributed by atoms with Crippen LogP contribution in [-0.4, -0.2) is 35.4 Å². The van der Waals surface area contributed by atoms with E-state index < -0.39 is 11.9 Å². The number of hydrogen-bond acceptors (Lipinski definition) is 3. The average Bonchev–Trinajstić information content (AvgIpc) is 2.21. The minimum atomic E-state index is -1.14. The third-order valence-corrected chi connectivity index (χ3v) is 1.79. The van der Waals surface area contributed by atoms with Crippen molar-refractivity contribution in [1.29, 1.82) is 0 Å². The van der Waals surface area contributed by atoms with Gasteiger partial charge in [0.1, 0.15) is 0 Å². The van der Waals surface area contributed by atoms with Crippen LogP contribution in [0.1, 0.15) is 19.8 Å². The van der Waals surface area contributed by atoms with E-state index in [1.165, 1.54) is 0 Å². The van der Waals surface area contributed by atoms with Gasteiger partial charge in [-0.15, -0.1) is 0 Å². The lowest BCUT2D eigenvalue weighted by Gasteiger charge is -2.04. The summed E-state index contributed by atoms with van der Waals surface area (Å²) >= 11 is 0. The van der Waals surface area contributed by atoms with Gasteiger partial charge in [-0.1, -0.05) is 26.0 Å². The fourth-order valence-electron chi connectivity index (χ4n) is 0.872. The molecule has 0 aromatic carbocycles. The zero-order chi connectivity index (χ0) is 12.6. The van der Waals surface area contributed by atoms with Crippen molar-refractivity contribution >= 4 is 11.9 Å². The first-order chi connectivity index (χ1) is 7.49. The van der Waals surface area contributed by atoms with Crippen molar-refractivity contribution < 1.29 is 24.5 Å². The van der Waals surface area contributed by atoms with Crippen LogP contribution in [0.3, 0.4) is 0 Å². The van der Waals surface area contributed by atoms with Crippen LogP contribution in [-0.2, 0) is 14.3 Å². The first kappa shape index (κ1) is 14.4. The Morgan fingerprint density at radius 2 is 1.88 bits per heavy atom. The molecule has 0 saturated heterocycles. The molecule has 5 nitrogen and oxygen atoms in total. The lowest BCUT2D eigenvalue weighted by atomic mass is 10.2. The average molecular weight is 228 g/mol. The molecule has 0 radical (unpaired) electrons. The van der Waals surface area contributed by atoms with Crippen LogP contribution in [0.2, 0.25) is 0 Å². The standard InChI is InChI=1S/C11H16O5/c1-3-4-5-9(11(14)15)7-16-6-8(2)10(12)13/h5H,2-4,6-7H2,1H3,(H,12,13)(H,14,15)/b9-5-. The summed E-state index contributed by atoms with van der Waals surface area (Å²) in [6.45, 7) is 4.92. The number of carboxylic acid groups (broad SMARTS) is 2. The van der Waals surface area contributed by atoms with E-state index in [0.717, 1.165) is 6.42 Å². The number of carboxylic acids is 2. The van der Waals surface area contributed by atoms with Crippen LogP contribution in [0, 0.1) is 0 Å². The van der Waals surface area contributed by atoms with Gasteiger partial charge in [0.15, 0.2) is 0 Å². The van der Waals surface area contributed by atoms with Crippen LogP contribution in [0.15, 0.2) is 23.8 Å². The fourth-order valence-corrected chi connectivity index (χ4v) is 0.872. The van der Waals surface area contributed by atoms with E-state index in [0.29, 0.717) is 6.42 Å². The molecule has 5 heteroatoms. The van der Waals surface area contributed by atoms with E-state index in [1.54, 1.807) is 6.08 Å². The van der Waals surface area contributed by atoms with Crippen molar-refractivity contribution in [3.8, 4) is 0 Å². The summed E-state index contributed by atoms with van der Waals surface area (Å²) in [6, 6.07) is 0. The van der Waals surface area contributed by atoms with E-state index in [9.17, 15) is 9.59 Å². The van der Waals surface area contributed by atoms with Gasteiger partial charge in [-0.2, -0.15) is 0 Å². The second-order valence-corrected chi connectivity index (χ2v) is 3.22. The topological polar surface area (TPSA) is 83.8 Å². The van der Waals surface area contributed by atoms with Gasteiger partial charge in [0, 0.05) is 0 Å². The molecule has 0 saturated carbocycles. The van der Waals surface area contributed by atoms with Crippen molar-refractivity contribution in [3.63, 3.8) is 0 Å². The number of allylic oxidation sites excluding steroid dienone is 1. The molecule has 0 bridgehead atoms. The van der Waals surface area contributed by atoms with Gasteiger partial charge in [-0.05, 0) is 6.42 Å². The number of hydrogen-bond donors (Lipinski definition) is 2. The van der Waals surface area contributed by atoms with Crippen molar-refractivity contribution in [2.45, 2.75) is 19.8 Å². The molecule has 0 aliphatic carbocycles. The molecule has 0 unspecified atom stereocenters.